The smallest absolute Gasteiger partial charge is 0.0643 e. The van der Waals surface area contributed by atoms with Crippen molar-refractivity contribution in [1.82, 2.24) is 5.32 Å². The number of benzene rings is 1. The van der Waals surface area contributed by atoms with Crippen LogP contribution in [0.15, 0.2) is 18.2 Å². The fraction of sp³-hybridized carbons (Fsp3) is 0.500. The SMILES string of the molecule is Cc1ccc(CNC2COC2)cc1C. The molecule has 0 atom stereocenters. The van der Waals surface area contributed by atoms with Crippen molar-refractivity contribution >= 4 is 0 Å². The van der Waals surface area contributed by atoms with E-state index >= 15 is 0 Å². The van der Waals surface area contributed by atoms with E-state index < -0.39 is 0 Å². The van der Waals surface area contributed by atoms with Crippen molar-refractivity contribution in [2.45, 2.75) is 26.4 Å². The molecule has 0 saturated carbocycles. The summed E-state index contributed by atoms with van der Waals surface area (Å²) >= 11 is 0. The van der Waals surface area contributed by atoms with Gasteiger partial charge in [0.05, 0.1) is 19.3 Å². The molecule has 2 rings (SSSR count). The van der Waals surface area contributed by atoms with Gasteiger partial charge in [-0.25, -0.2) is 0 Å². The van der Waals surface area contributed by atoms with Gasteiger partial charge in [-0.05, 0) is 30.5 Å². The van der Waals surface area contributed by atoms with Gasteiger partial charge in [0.2, 0.25) is 0 Å². The third-order valence-electron chi connectivity index (χ3n) is 2.80. The van der Waals surface area contributed by atoms with Crippen LogP contribution in [0.2, 0.25) is 0 Å². The lowest BCUT2D eigenvalue weighted by Gasteiger charge is -2.27. The zero-order chi connectivity index (χ0) is 9.97. The Kier molecular flexibility index (Phi) is 2.85. The largest absolute Gasteiger partial charge is 0.378 e. The number of hydrogen-bond acceptors (Lipinski definition) is 2. The third-order valence-corrected chi connectivity index (χ3v) is 2.80. The van der Waals surface area contributed by atoms with Crippen LogP contribution in [0.5, 0.6) is 0 Å². The van der Waals surface area contributed by atoms with Gasteiger partial charge in [0, 0.05) is 6.54 Å². The van der Waals surface area contributed by atoms with Gasteiger partial charge in [0.1, 0.15) is 0 Å². The summed E-state index contributed by atoms with van der Waals surface area (Å²) in [6, 6.07) is 7.19. The Hall–Kier alpha value is -0.860. The molecule has 0 radical (unpaired) electrons. The van der Waals surface area contributed by atoms with Gasteiger partial charge in [-0.2, -0.15) is 0 Å². The van der Waals surface area contributed by atoms with Crippen LogP contribution in [-0.2, 0) is 11.3 Å². The zero-order valence-electron chi connectivity index (χ0n) is 8.84. The summed E-state index contributed by atoms with van der Waals surface area (Å²) in [6.07, 6.45) is 0. The maximum absolute atomic E-state index is 5.10. The molecular weight excluding hydrogens is 174 g/mol. The average molecular weight is 191 g/mol. The molecule has 14 heavy (non-hydrogen) atoms. The van der Waals surface area contributed by atoms with Crippen LogP contribution in [0.3, 0.4) is 0 Å². The number of rotatable bonds is 3. The van der Waals surface area contributed by atoms with Gasteiger partial charge in [0.15, 0.2) is 0 Å². The second-order valence-corrected chi connectivity index (χ2v) is 4.03. The predicted octanol–water partition coefficient (Wildman–Crippen LogP) is 1.79. The van der Waals surface area contributed by atoms with E-state index in [9.17, 15) is 0 Å². The molecule has 0 spiro atoms. The molecule has 1 aliphatic rings. The van der Waals surface area contributed by atoms with Crippen molar-refractivity contribution in [3.8, 4) is 0 Å². The first-order valence-electron chi connectivity index (χ1n) is 5.13. The van der Waals surface area contributed by atoms with Gasteiger partial charge >= 0.3 is 0 Å². The van der Waals surface area contributed by atoms with E-state index in [4.69, 9.17) is 4.74 Å². The van der Waals surface area contributed by atoms with E-state index in [-0.39, 0.29) is 0 Å². The van der Waals surface area contributed by atoms with Crippen LogP contribution in [0.1, 0.15) is 16.7 Å². The zero-order valence-corrected chi connectivity index (χ0v) is 8.84. The normalized spacial score (nSPS) is 16.7. The van der Waals surface area contributed by atoms with Crippen LogP contribution < -0.4 is 5.32 Å². The highest BCUT2D eigenvalue weighted by molar-refractivity contribution is 5.29. The van der Waals surface area contributed by atoms with Crippen LogP contribution in [-0.4, -0.2) is 19.3 Å². The molecule has 1 aliphatic heterocycles. The molecule has 0 aliphatic carbocycles. The van der Waals surface area contributed by atoms with E-state index in [1.54, 1.807) is 0 Å². The fourth-order valence-corrected chi connectivity index (χ4v) is 1.53. The van der Waals surface area contributed by atoms with Gasteiger partial charge in [-0.15, -0.1) is 0 Å². The van der Waals surface area contributed by atoms with Crippen molar-refractivity contribution in [2.24, 2.45) is 0 Å². The van der Waals surface area contributed by atoms with E-state index in [0.29, 0.717) is 6.04 Å². The molecule has 2 nitrogen and oxygen atoms in total. The number of nitrogens with one attached hydrogen (secondary N) is 1. The molecule has 0 aromatic heterocycles. The predicted molar refractivity (Wildman–Crippen MR) is 57.4 cm³/mol. The van der Waals surface area contributed by atoms with Gasteiger partial charge in [0.25, 0.3) is 0 Å². The molecule has 1 N–H and O–H groups in total. The molecule has 1 heterocycles. The first-order valence-corrected chi connectivity index (χ1v) is 5.13. The number of ether oxygens (including phenoxy) is 1. The van der Waals surface area contributed by atoms with Crippen molar-refractivity contribution in [2.75, 3.05) is 13.2 Å². The second-order valence-electron chi connectivity index (χ2n) is 4.03. The summed E-state index contributed by atoms with van der Waals surface area (Å²) in [5.41, 5.74) is 4.09. The Bertz CT molecular complexity index is 318. The highest BCUT2D eigenvalue weighted by Gasteiger charge is 2.16. The second kappa shape index (κ2) is 4.11. The van der Waals surface area contributed by atoms with E-state index in [1.807, 2.05) is 0 Å². The van der Waals surface area contributed by atoms with E-state index in [0.717, 1.165) is 19.8 Å². The molecule has 1 aromatic carbocycles. The van der Waals surface area contributed by atoms with E-state index in [2.05, 4.69) is 37.4 Å². The van der Waals surface area contributed by atoms with Gasteiger partial charge < -0.3 is 10.1 Å². The first kappa shape index (κ1) is 9.69. The third kappa shape index (κ3) is 2.14. The maximum Gasteiger partial charge on any atom is 0.0643 e. The Morgan fingerprint density at radius 3 is 2.64 bits per heavy atom. The molecule has 0 amide bonds. The van der Waals surface area contributed by atoms with Crippen LogP contribution in [0.4, 0.5) is 0 Å². The minimum absolute atomic E-state index is 0.566. The first-order chi connectivity index (χ1) is 6.75. The van der Waals surface area contributed by atoms with Crippen molar-refractivity contribution in [3.63, 3.8) is 0 Å². The Balaban J connectivity index is 1.91. The molecule has 0 unspecified atom stereocenters. The number of hydrogen-bond donors (Lipinski definition) is 1. The minimum Gasteiger partial charge on any atom is -0.378 e. The number of aryl methyl sites for hydroxylation is 2. The summed E-state index contributed by atoms with van der Waals surface area (Å²) in [7, 11) is 0. The highest BCUT2D eigenvalue weighted by Crippen LogP contribution is 2.10. The van der Waals surface area contributed by atoms with Crippen molar-refractivity contribution < 1.29 is 4.74 Å². The van der Waals surface area contributed by atoms with Gasteiger partial charge in [-0.1, -0.05) is 18.2 Å². The topological polar surface area (TPSA) is 21.3 Å². The molecule has 0 bridgehead atoms. The lowest BCUT2D eigenvalue weighted by Crippen LogP contribution is -2.45. The quantitative estimate of drug-likeness (QED) is 0.786. The van der Waals surface area contributed by atoms with Crippen molar-refractivity contribution in [1.29, 1.82) is 0 Å². The molecule has 76 valence electrons. The van der Waals surface area contributed by atoms with Gasteiger partial charge in [-0.3, -0.25) is 0 Å². The van der Waals surface area contributed by atoms with Crippen molar-refractivity contribution in [3.05, 3.63) is 34.9 Å². The molecule has 2 heteroatoms. The summed E-state index contributed by atoms with van der Waals surface area (Å²) in [4.78, 5) is 0. The van der Waals surface area contributed by atoms with Crippen LogP contribution >= 0.6 is 0 Å². The molecule has 1 aromatic rings. The summed E-state index contributed by atoms with van der Waals surface area (Å²) in [5.74, 6) is 0. The Morgan fingerprint density at radius 2 is 2.07 bits per heavy atom. The summed E-state index contributed by atoms with van der Waals surface area (Å²) < 4.78 is 5.10. The maximum atomic E-state index is 5.10. The fourth-order valence-electron chi connectivity index (χ4n) is 1.53. The molecule has 1 fully saturated rings. The lowest BCUT2D eigenvalue weighted by molar-refractivity contribution is -0.00578. The highest BCUT2D eigenvalue weighted by atomic mass is 16.5. The molecule has 1 saturated heterocycles. The van der Waals surface area contributed by atoms with Crippen LogP contribution in [0, 0.1) is 13.8 Å². The Morgan fingerprint density at radius 1 is 1.29 bits per heavy atom. The summed E-state index contributed by atoms with van der Waals surface area (Å²) in [6.45, 7) is 6.99. The monoisotopic (exact) mass is 191 g/mol. The standard InChI is InChI=1S/C12H17NO/c1-9-3-4-11(5-10(9)2)6-13-12-7-14-8-12/h3-5,12-13H,6-8H2,1-2H3. The van der Waals surface area contributed by atoms with E-state index in [1.165, 1.54) is 16.7 Å². The van der Waals surface area contributed by atoms with Crippen LogP contribution in [0.25, 0.3) is 0 Å². The lowest BCUT2D eigenvalue weighted by atomic mass is 10.1. The Labute approximate surface area is 85.3 Å². The summed E-state index contributed by atoms with van der Waals surface area (Å²) in [5, 5.41) is 3.46. The average Bonchev–Trinajstić information content (AvgIpc) is 2.08. The molecular formula is C12H17NO. The minimum atomic E-state index is 0.566.